The van der Waals surface area contributed by atoms with Crippen LogP contribution in [0.25, 0.3) is 0 Å². The number of amides is 1. The van der Waals surface area contributed by atoms with Crippen molar-refractivity contribution in [1.82, 2.24) is 14.7 Å². The Hall–Kier alpha value is -2.76. The third-order valence-corrected chi connectivity index (χ3v) is 9.33. The third kappa shape index (κ3) is 6.11. The number of nitrogens with zero attached hydrogens (tertiary/aromatic N) is 3. The molecule has 0 bridgehead atoms. The normalized spacial score (nSPS) is 21.4. The van der Waals surface area contributed by atoms with E-state index in [1.807, 2.05) is 25.7 Å². The second-order valence-corrected chi connectivity index (χ2v) is 14.8. The zero-order valence-electron chi connectivity index (χ0n) is 24.3. The minimum atomic E-state index is -4.36. The van der Waals surface area contributed by atoms with Crippen LogP contribution in [0.15, 0.2) is 29.4 Å². The zero-order chi connectivity index (χ0) is 29.6. The van der Waals surface area contributed by atoms with Crippen molar-refractivity contribution in [3.63, 3.8) is 0 Å². The van der Waals surface area contributed by atoms with E-state index in [1.54, 1.807) is 0 Å². The summed E-state index contributed by atoms with van der Waals surface area (Å²) in [5.41, 5.74) is 5.94. The van der Waals surface area contributed by atoms with Gasteiger partial charge in [0.25, 0.3) is 15.9 Å². The van der Waals surface area contributed by atoms with Gasteiger partial charge in [0.15, 0.2) is 5.03 Å². The summed E-state index contributed by atoms with van der Waals surface area (Å²) >= 11 is 0. The molecule has 220 valence electrons. The van der Waals surface area contributed by atoms with Gasteiger partial charge in [-0.3, -0.25) is 4.79 Å². The van der Waals surface area contributed by atoms with E-state index in [2.05, 4.69) is 30.5 Å². The molecule has 40 heavy (non-hydrogen) atoms. The molecule has 2 fully saturated rings. The molecule has 2 aromatic rings. The van der Waals surface area contributed by atoms with Crippen molar-refractivity contribution in [2.75, 3.05) is 17.2 Å². The van der Waals surface area contributed by atoms with Crippen molar-refractivity contribution in [2.24, 2.45) is 11.8 Å². The molecular formula is C29H43N5O5S. The largest absolute Gasteiger partial charge is 0.399 e. The van der Waals surface area contributed by atoms with Gasteiger partial charge in [-0.15, -0.1) is 0 Å². The maximum Gasteiger partial charge on any atom is 0.281 e. The average Bonchev–Trinajstić information content (AvgIpc) is 3.48. The number of hydrogen-bond donors (Lipinski definition) is 4. The van der Waals surface area contributed by atoms with Gasteiger partial charge in [0.2, 0.25) is 0 Å². The van der Waals surface area contributed by atoms with Crippen molar-refractivity contribution in [1.29, 1.82) is 0 Å². The molecule has 0 spiro atoms. The van der Waals surface area contributed by atoms with Gasteiger partial charge in [-0.25, -0.2) is 14.7 Å². The molecule has 10 nitrogen and oxygen atoms in total. The molecule has 11 heteroatoms. The van der Waals surface area contributed by atoms with Gasteiger partial charge in [-0.05, 0) is 57.1 Å². The molecule has 3 atom stereocenters. The molecule has 2 aliphatic rings. The first-order valence-electron chi connectivity index (χ1n) is 14.0. The summed E-state index contributed by atoms with van der Waals surface area (Å²) in [4.78, 5) is 24.7. The summed E-state index contributed by atoms with van der Waals surface area (Å²) in [6, 6.07) is 4.15. The number of nitrogen functional groups attached to an aromatic ring is 1. The fraction of sp³-hybridized carbons (Fsp3) is 0.621. The number of rotatable bonds is 7. The first kappa shape index (κ1) is 30.2. The molecule has 4 rings (SSSR count). The molecule has 5 N–H and O–H groups in total. The monoisotopic (exact) mass is 573 g/mol. The predicted molar refractivity (Wildman–Crippen MR) is 154 cm³/mol. The molecule has 1 saturated heterocycles. The Labute approximate surface area is 237 Å². The number of pyridine rings is 2. The van der Waals surface area contributed by atoms with E-state index in [4.69, 9.17) is 10.7 Å². The van der Waals surface area contributed by atoms with Gasteiger partial charge >= 0.3 is 0 Å². The van der Waals surface area contributed by atoms with Gasteiger partial charge in [-0.2, -0.15) is 8.42 Å². The number of hydrogen-bond acceptors (Lipinski definition) is 9. The Kier molecular flexibility index (Phi) is 8.23. The van der Waals surface area contributed by atoms with E-state index in [1.165, 1.54) is 24.4 Å². The number of nitrogens with two attached hydrogens (primary N) is 1. The third-order valence-electron chi connectivity index (χ3n) is 8.10. The van der Waals surface area contributed by atoms with Crippen LogP contribution in [0.4, 0.5) is 11.5 Å². The lowest BCUT2D eigenvalue weighted by atomic mass is 9.82. The topological polar surface area (TPSA) is 159 Å². The Morgan fingerprint density at radius 2 is 1.85 bits per heavy atom. The predicted octanol–water partition coefficient (Wildman–Crippen LogP) is 3.68. The fourth-order valence-electron chi connectivity index (χ4n) is 6.22. The van der Waals surface area contributed by atoms with Crippen LogP contribution in [0, 0.1) is 11.8 Å². The number of nitrogens with one attached hydrogen (secondary N) is 1. The molecule has 1 aliphatic carbocycles. The van der Waals surface area contributed by atoms with Crippen molar-refractivity contribution in [3.05, 3.63) is 41.2 Å². The average molecular weight is 574 g/mol. The van der Waals surface area contributed by atoms with Crippen LogP contribution in [-0.4, -0.2) is 52.7 Å². The van der Waals surface area contributed by atoms with Crippen molar-refractivity contribution < 1.29 is 23.4 Å². The quantitative estimate of drug-likeness (QED) is 0.387. The van der Waals surface area contributed by atoms with Crippen molar-refractivity contribution in [3.8, 4) is 0 Å². The standard InChI is InChI=1S/C29H43N5O5S/c1-17-15-29(5,6)34(16-17)26-21(27(37)33-40(38,39)22-13-19(30)11-12-31-22)14-20(25(32-26)28(2,3)4)24(36)23(35)18-9-7-8-10-18/h11-14,17-18,23-24,35-36H,7-10,15-16H2,1-6H3,(H2,30,31)(H,33,37)/t17-,23?,24?/m0/s1. The van der Waals surface area contributed by atoms with E-state index in [-0.39, 0.29) is 27.7 Å². The highest BCUT2D eigenvalue weighted by molar-refractivity contribution is 7.90. The molecule has 1 aliphatic heterocycles. The summed E-state index contributed by atoms with van der Waals surface area (Å²) < 4.78 is 28.4. The number of sulfonamides is 1. The second kappa shape index (κ2) is 10.9. The van der Waals surface area contributed by atoms with Crippen LogP contribution >= 0.6 is 0 Å². The van der Waals surface area contributed by atoms with E-state index in [0.717, 1.165) is 32.1 Å². The van der Waals surface area contributed by atoms with Crippen LogP contribution in [0.5, 0.6) is 0 Å². The first-order chi connectivity index (χ1) is 18.5. The van der Waals surface area contributed by atoms with Crippen LogP contribution < -0.4 is 15.4 Å². The van der Waals surface area contributed by atoms with Gasteiger partial charge in [0, 0.05) is 41.0 Å². The van der Waals surface area contributed by atoms with E-state index < -0.39 is 33.6 Å². The van der Waals surface area contributed by atoms with E-state index >= 15 is 0 Å². The van der Waals surface area contributed by atoms with E-state index in [0.29, 0.717) is 29.5 Å². The zero-order valence-corrected chi connectivity index (χ0v) is 25.1. The maximum atomic E-state index is 13.8. The summed E-state index contributed by atoms with van der Waals surface area (Å²) in [5, 5.41) is 22.2. The Balaban J connectivity index is 1.87. The van der Waals surface area contributed by atoms with Gasteiger partial charge < -0.3 is 20.8 Å². The maximum absolute atomic E-state index is 13.8. The number of carbonyl (C=O) groups excluding carboxylic acids is 1. The van der Waals surface area contributed by atoms with Crippen LogP contribution in [0.1, 0.15) is 101 Å². The van der Waals surface area contributed by atoms with Crippen molar-refractivity contribution >= 4 is 27.4 Å². The minimum Gasteiger partial charge on any atom is -0.399 e. The Morgan fingerprint density at radius 3 is 2.40 bits per heavy atom. The summed E-state index contributed by atoms with van der Waals surface area (Å²) in [7, 11) is -4.36. The molecule has 0 aromatic carbocycles. The van der Waals surface area contributed by atoms with Crippen LogP contribution in [0.2, 0.25) is 0 Å². The van der Waals surface area contributed by atoms with Gasteiger partial charge in [0.1, 0.15) is 11.9 Å². The molecule has 1 saturated carbocycles. The van der Waals surface area contributed by atoms with Crippen molar-refractivity contribution in [2.45, 2.75) is 102 Å². The minimum absolute atomic E-state index is 0.00956. The number of carbonyl (C=O) groups is 1. The van der Waals surface area contributed by atoms with Crippen LogP contribution in [0.3, 0.4) is 0 Å². The Bertz CT molecular complexity index is 1370. The second-order valence-electron chi connectivity index (χ2n) is 13.1. The molecule has 2 aromatic heterocycles. The number of aliphatic hydroxyl groups is 2. The molecule has 0 radical (unpaired) electrons. The lowest BCUT2D eigenvalue weighted by Crippen LogP contribution is -2.42. The number of aliphatic hydroxyl groups excluding tert-OH is 2. The fourth-order valence-corrected chi connectivity index (χ4v) is 7.17. The molecule has 1 amide bonds. The van der Waals surface area contributed by atoms with Gasteiger partial charge in [-0.1, -0.05) is 40.5 Å². The first-order valence-corrected chi connectivity index (χ1v) is 15.5. The SMILES string of the molecule is C[C@@H]1CN(c2nc(C(C)(C)C)c(C(O)C(O)C3CCCC3)cc2C(=O)NS(=O)(=O)c2cc(N)ccn2)C(C)(C)C1. The smallest absolute Gasteiger partial charge is 0.281 e. The molecule has 3 heterocycles. The summed E-state index contributed by atoms with van der Waals surface area (Å²) in [6.45, 7) is 12.8. The summed E-state index contributed by atoms with van der Waals surface area (Å²) in [5.74, 6) is -0.293. The molecule has 2 unspecified atom stereocenters. The summed E-state index contributed by atoms with van der Waals surface area (Å²) in [6.07, 6.45) is 3.40. The molecular weight excluding hydrogens is 530 g/mol. The highest BCUT2D eigenvalue weighted by atomic mass is 32.2. The number of anilines is 2. The Morgan fingerprint density at radius 1 is 1.20 bits per heavy atom. The van der Waals surface area contributed by atoms with Gasteiger partial charge in [0.05, 0.1) is 17.4 Å². The van der Waals surface area contributed by atoms with Crippen LogP contribution in [-0.2, 0) is 15.4 Å². The lowest BCUT2D eigenvalue weighted by molar-refractivity contribution is -0.0181. The van der Waals surface area contributed by atoms with E-state index in [9.17, 15) is 23.4 Å². The highest BCUT2D eigenvalue weighted by Gasteiger charge is 2.41. The number of aromatic nitrogens is 2. The lowest BCUT2D eigenvalue weighted by Gasteiger charge is -2.36. The highest BCUT2D eigenvalue weighted by Crippen LogP contribution is 2.42.